The van der Waals surface area contributed by atoms with Crippen LogP contribution in [0.2, 0.25) is 0 Å². The van der Waals surface area contributed by atoms with Crippen LogP contribution >= 0.6 is 0 Å². The fraction of sp³-hybridized carbons (Fsp3) is 0.0357. The van der Waals surface area contributed by atoms with Crippen LogP contribution in [-0.4, -0.2) is 15.9 Å². The molecule has 0 atom stereocenters. The average molecular weight is 447 g/mol. The van der Waals surface area contributed by atoms with Gasteiger partial charge in [0, 0.05) is 52.2 Å². The van der Waals surface area contributed by atoms with Crippen LogP contribution in [0.1, 0.15) is 16.1 Å². The van der Waals surface area contributed by atoms with Gasteiger partial charge in [-0.2, -0.15) is 0 Å². The topological polar surface area (TPSA) is 76.1 Å². The SMILES string of the molecule is Cc1cc(Nc2cccc(C(=O)Nc3cccc(Oc4ccncc4)c3)c2)c2ccccc2n1. The van der Waals surface area contributed by atoms with Crippen molar-refractivity contribution in [2.45, 2.75) is 6.92 Å². The summed E-state index contributed by atoms with van der Waals surface area (Å²) >= 11 is 0. The molecule has 0 unspecified atom stereocenters. The summed E-state index contributed by atoms with van der Waals surface area (Å²) in [6, 6.07) is 28.2. The number of pyridine rings is 2. The second-order valence-electron chi connectivity index (χ2n) is 7.80. The van der Waals surface area contributed by atoms with E-state index in [0.29, 0.717) is 22.7 Å². The van der Waals surface area contributed by atoms with Crippen molar-refractivity contribution in [1.82, 2.24) is 9.97 Å². The van der Waals surface area contributed by atoms with Crippen LogP contribution in [0.25, 0.3) is 10.9 Å². The van der Waals surface area contributed by atoms with E-state index in [-0.39, 0.29) is 5.91 Å². The zero-order chi connectivity index (χ0) is 23.3. The number of para-hydroxylation sites is 1. The summed E-state index contributed by atoms with van der Waals surface area (Å²) in [5.74, 6) is 1.09. The number of aryl methyl sites for hydroxylation is 1. The third-order valence-electron chi connectivity index (χ3n) is 5.23. The van der Waals surface area contributed by atoms with E-state index in [4.69, 9.17) is 4.74 Å². The molecule has 34 heavy (non-hydrogen) atoms. The van der Waals surface area contributed by atoms with Crippen LogP contribution in [0.4, 0.5) is 17.1 Å². The second-order valence-corrected chi connectivity index (χ2v) is 7.80. The highest BCUT2D eigenvalue weighted by atomic mass is 16.5. The molecule has 0 aliphatic carbocycles. The molecular formula is C28H22N4O2. The summed E-state index contributed by atoms with van der Waals surface area (Å²) < 4.78 is 5.83. The van der Waals surface area contributed by atoms with Gasteiger partial charge in [0.25, 0.3) is 5.91 Å². The Hall–Kier alpha value is -4.71. The normalized spacial score (nSPS) is 10.6. The predicted octanol–water partition coefficient (Wildman–Crippen LogP) is 6.73. The van der Waals surface area contributed by atoms with Crippen LogP contribution in [0, 0.1) is 6.92 Å². The minimum Gasteiger partial charge on any atom is -0.457 e. The number of benzene rings is 3. The molecule has 6 heteroatoms. The molecule has 0 saturated heterocycles. The maximum Gasteiger partial charge on any atom is 0.255 e. The van der Waals surface area contributed by atoms with E-state index in [9.17, 15) is 4.79 Å². The van der Waals surface area contributed by atoms with Gasteiger partial charge in [-0.3, -0.25) is 14.8 Å². The molecule has 0 bridgehead atoms. The largest absolute Gasteiger partial charge is 0.457 e. The van der Waals surface area contributed by atoms with Crippen molar-refractivity contribution in [3.8, 4) is 11.5 Å². The molecular weight excluding hydrogens is 424 g/mol. The van der Waals surface area contributed by atoms with Crippen LogP contribution in [0.3, 0.4) is 0 Å². The van der Waals surface area contributed by atoms with Crippen molar-refractivity contribution in [3.05, 3.63) is 115 Å². The molecule has 1 amide bonds. The third-order valence-corrected chi connectivity index (χ3v) is 5.23. The van der Waals surface area contributed by atoms with Crippen LogP contribution < -0.4 is 15.4 Å². The average Bonchev–Trinajstić information content (AvgIpc) is 2.85. The first-order valence-electron chi connectivity index (χ1n) is 10.9. The summed E-state index contributed by atoms with van der Waals surface area (Å²) in [7, 11) is 0. The Bertz CT molecular complexity index is 1470. The molecule has 6 nitrogen and oxygen atoms in total. The molecule has 0 aliphatic rings. The molecule has 5 rings (SSSR count). The Balaban J connectivity index is 1.33. The van der Waals surface area contributed by atoms with E-state index >= 15 is 0 Å². The van der Waals surface area contributed by atoms with Crippen LogP contribution in [0.5, 0.6) is 11.5 Å². The van der Waals surface area contributed by atoms with E-state index in [0.717, 1.165) is 28.0 Å². The molecule has 0 radical (unpaired) electrons. The quantitative estimate of drug-likeness (QED) is 0.303. The van der Waals surface area contributed by atoms with Gasteiger partial charge >= 0.3 is 0 Å². The minimum absolute atomic E-state index is 0.208. The second kappa shape index (κ2) is 9.42. The Labute approximate surface area is 197 Å². The number of hydrogen-bond donors (Lipinski definition) is 2. The molecule has 2 heterocycles. The van der Waals surface area contributed by atoms with Gasteiger partial charge < -0.3 is 15.4 Å². The lowest BCUT2D eigenvalue weighted by atomic mass is 10.1. The molecule has 0 spiro atoms. The third kappa shape index (κ3) is 4.86. The van der Waals surface area contributed by atoms with Crippen LogP contribution in [-0.2, 0) is 0 Å². The zero-order valence-electron chi connectivity index (χ0n) is 18.5. The summed E-state index contributed by atoms with van der Waals surface area (Å²) in [6.45, 7) is 1.97. The highest BCUT2D eigenvalue weighted by Crippen LogP contribution is 2.27. The number of carbonyl (C=O) groups excluding carboxylic acids is 1. The van der Waals surface area contributed by atoms with Gasteiger partial charge in [0.15, 0.2) is 0 Å². The number of hydrogen-bond acceptors (Lipinski definition) is 5. The Morgan fingerprint density at radius 1 is 0.794 bits per heavy atom. The zero-order valence-corrected chi connectivity index (χ0v) is 18.5. The highest BCUT2D eigenvalue weighted by Gasteiger charge is 2.10. The monoisotopic (exact) mass is 446 g/mol. The van der Waals surface area contributed by atoms with Gasteiger partial charge in [-0.05, 0) is 61.5 Å². The highest BCUT2D eigenvalue weighted by molar-refractivity contribution is 6.05. The number of anilines is 3. The fourth-order valence-electron chi connectivity index (χ4n) is 3.69. The van der Waals surface area contributed by atoms with Gasteiger partial charge in [0.05, 0.1) is 5.52 Å². The lowest BCUT2D eigenvalue weighted by Gasteiger charge is -2.12. The maximum absolute atomic E-state index is 13.0. The number of fused-ring (bicyclic) bond motifs is 1. The number of amides is 1. The van der Waals surface area contributed by atoms with Crippen molar-refractivity contribution >= 4 is 33.9 Å². The summed E-state index contributed by atoms with van der Waals surface area (Å²) in [5, 5.41) is 7.41. The van der Waals surface area contributed by atoms with Gasteiger partial charge in [-0.1, -0.05) is 30.3 Å². The number of nitrogens with one attached hydrogen (secondary N) is 2. The Morgan fingerprint density at radius 3 is 2.47 bits per heavy atom. The maximum atomic E-state index is 13.0. The van der Waals surface area contributed by atoms with Gasteiger partial charge in [0.1, 0.15) is 11.5 Å². The van der Waals surface area contributed by atoms with Crippen LogP contribution in [0.15, 0.2) is 103 Å². The Kier molecular flexibility index (Phi) is 5.86. The standard InChI is InChI=1S/C28H22N4O2/c1-19-16-27(25-10-2-3-11-26(25)30-19)31-21-7-4-6-20(17-21)28(33)32-22-8-5-9-24(18-22)34-23-12-14-29-15-13-23/h2-18H,1H3,(H,30,31)(H,32,33). The van der Waals surface area contributed by atoms with E-state index in [2.05, 4.69) is 20.6 Å². The van der Waals surface area contributed by atoms with Crippen molar-refractivity contribution in [3.63, 3.8) is 0 Å². The minimum atomic E-state index is -0.208. The molecule has 2 aromatic heterocycles. The number of aromatic nitrogens is 2. The van der Waals surface area contributed by atoms with Gasteiger partial charge in [0.2, 0.25) is 0 Å². The summed E-state index contributed by atoms with van der Waals surface area (Å²) in [5.41, 5.74) is 4.79. The van der Waals surface area contributed by atoms with E-state index in [1.54, 1.807) is 36.7 Å². The molecule has 0 saturated carbocycles. The first-order chi connectivity index (χ1) is 16.6. The molecule has 0 fully saturated rings. The number of nitrogens with zero attached hydrogens (tertiary/aromatic N) is 2. The molecule has 2 N–H and O–H groups in total. The summed E-state index contributed by atoms with van der Waals surface area (Å²) in [4.78, 5) is 21.5. The number of ether oxygens (including phenoxy) is 1. The van der Waals surface area contributed by atoms with Crippen molar-refractivity contribution in [2.75, 3.05) is 10.6 Å². The van der Waals surface area contributed by atoms with Gasteiger partial charge in [-0.15, -0.1) is 0 Å². The predicted molar refractivity (Wildman–Crippen MR) is 135 cm³/mol. The summed E-state index contributed by atoms with van der Waals surface area (Å²) in [6.07, 6.45) is 3.33. The molecule has 0 aliphatic heterocycles. The first-order valence-corrected chi connectivity index (χ1v) is 10.9. The van der Waals surface area contributed by atoms with Crippen molar-refractivity contribution < 1.29 is 9.53 Å². The lowest BCUT2D eigenvalue weighted by Crippen LogP contribution is -2.12. The fourth-order valence-corrected chi connectivity index (χ4v) is 3.69. The first kappa shape index (κ1) is 21.2. The van der Waals surface area contributed by atoms with Crippen molar-refractivity contribution in [2.24, 2.45) is 0 Å². The number of rotatable bonds is 6. The van der Waals surface area contributed by atoms with E-state index in [1.165, 1.54) is 0 Å². The molecule has 3 aromatic carbocycles. The molecule has 166 valence electrons. The Morgan fingerprint density at radius 2 is 1.59 bits per heavy atom. The molecule has 5 aromatic rings. The smallest absolute Gasteiger partial charge is 0.255 e. The van der Waals surface area contributed by atoms with Crippen molar-refractivity contribution in [1.29, 1.82) is 0 Å². The van der Waals surface area contributed by atoms with E-state index < -0.39 is 0 Å². The van der Waals surface area contributed by atoms with E-state index in [1.807, 2.05) is 73.7 Å². The van der Waals surface area contributed by atoms with Gasteiger partial charge in [-0.25, -0.2) is 0 Å². The number of carbonyl (C=O) groups is 1. The lowest BCUT2D eigenvalue weighted by molar-refractivity contribution is 0.102.